The average molecular weight is 265 g/mol. The van der Waals surface area contributed by atoms with Gasteiger partial charge in [0.25, 0.3) is 0 Å². The Kier molecular flexibility index (Phi) is 4.68. The molecule has 0 aliphatic heterocycles. The van der Waals surface area contributed by atoms with E-state index in [0.717, 1.165) is 4.90 Å². The largest absolute Gasteiger partial charge is 0.405 e. The van der Waals surface area contributed by atoms with Crippen LogP contribution in [0.2, 0.25) is 0 Å². The van der Waals surface area contributed by atoms with Crippen molar-refractivity contribution < 1.29 is 18.3 Å². The minimum atomic E-state index is -4.38. The predicted octanol–water partition coefficient (Wildman–Crippen LogP) is 0.432. The van der Waals surface area contributed by atoms with Crippen LogP contribution < -0.4 is 16.2 Å². The third-order valence-corrected chi connectivity index (χ3v) is 2.04. The number of nitrogens with two attached hydrogens (primary N) is 1. The van der Waals surface area contributed by atoms with Crippen molar-refractivity contribution in [1.82, 2.24) is 9.97 Å². The Hall–Kier alpha value is -1.61. The number of hydrogen-bond acceptors (Lipinski definition) is 6. The van der Waals surface area contributed by atoms with E-state index >= 15 is 0 Å². The summed E-state index contributed by atoms with van der Waals surface area (Å²) in [5.74, 6) is 5.71. The third-order valence-electron chi connectivity index (χ3n) is 2.04. The van der Waals surface area contributed by atoms with Gasteiger partial charge in [-0.3, -0.25) is 0 Å². The minimum Gasteiger partial charge on any atom is -0.395 e. The highest BCUT2D eigenvalue weighted by Crippen LogP contribution is 2.21. The molecule has 0 radical (unpaired) electrons. The molecule has 1 aromatic heterocycles. The fourth-order valence-electron chi connectivity index (χ4n) is 1.40. The van der Waals surface area contributed by atoms with E-state index in [1.807, 2.05) is 0 Å². The van der Waals surface area contributed by atoms with Crippen LogP contribution in [-0.4, -0.2) is 40.9 Å². The molecule has 0 aromatic carbocycles. The quantitative estimate of drug-likeness (QED) is 0.528. The Morgan fingerprint density at radius 3 is 2.61 bits per heavy atom. The number of hydrazine groups is 1. The van der Waals surface area contributed by atoms with Crippen LogP contribution in [0.3, 0.4) is 0 Å². The van der Waals surface area contributed by atoms with Crippen molar-refractivity contribution in [2.45, 2.75) is 13.1 Å². The summed E-state index contributed by atoms with van der Waals surface area (Å²) in [4.78, 5) is 8.68. The lowest BCUT2D eigenvalue weighted by Gasteiger charge is -2.24. The van der Waals surface area contributed by atoms with Gasteiger partial charge < -0.3 is 15.4 Å². The van der Waals surface area contributed by atoms with E-state index in [0.29, 0.717) is 0 Å². The molecule has 0 aliphatic carbocycles. The van der Waals surface area contributed by atoms with Crippen LogP contribution in [0.4, 0.5) is 24.8 Å². The number of nitrogens with one attached hydrogen (secondary N) is 1. The van der Waals surface area contributed by atoms with Gasteiger partial charge in [0.15, 0.2) is 0 Å². The van der Waals surface area contributed by atoms with Crippen molar-refractivity contribution in [3.05, 3.63) is 11.9 Å². The van der Waals surface area contributed by atoms with Crippen molar-refractivity contribution in [2.75, 3.05) is 30.0 Å². The van der Waals surface area contributed by atoms with Gasteiger partial charge >= 0.3 is 6.18 Å². The Morgan fingerprint density at radius 1 is 1.44 bits per heavy atom. The van der Waals surface area contributed by atoms with Crippen LogP contribution in [0.1, 0.15) is 5.82 Å². The van der Waals surface area contributed by atoms with Crippen LogP contribution in [0.25, 0.3) is 0 Å². The van der Waals surface area contributed by atoms with Gasteiger partial charge in [0.05, 0.1) is 6.61 Å². The molecule has 0 atom stereocenters. The second kappa shape index (κ2) is 5.83. The first kappa shape index (κ1) is 14.5. The molecule has 0 unspecified atom stereocenters. The number of aliphatic hydroxyl groups excluding tert-OH is 1. The van der Waals surface area contributed by atoms with Crippen LogP contribution in [0, 0.1) is 6.92 Å². The van der Waals surface area contributed by atoms with Crippen LogP contribution in [-0.2, 0) is 0 Å². The number of aromatic nitrogens is 2. The summed E-state index contributed by atoms with van der Waals surface area (Å²) >= 11 is 0. The molecule has 0 bridgehead atoms. The number of nitrogen functional groups attached to an aromatic ring is 1. The van der Waals surface area contributed by atoms with Gasteiger partial charge in [0, 0.05) is 12.6 Å². The van der Waals surface area contributed by atoms with Gasteiger partial charge in [-0.15, -0.1) is 0 Å². The second-order valence-corrected chi connectivity index (χ2v) is 3.56. The lowest BCUT2D eigenvalue weighted by atomic mass is 10.4. The number of rotatable bonds is 5. The van der Waals surface area contributed by atoms with E-state index in [1.54, 1.807) is 0 Å². The normalized spacial score (nSPS) is 11.4. The Balaban J connectivity index is 3.01. The zero-order valence-corrected chi connectivity index (χ0v) is 9.70. The summed E-state index contributed by atoms with van der Waals surface area (Å²) in [5.41, 5.74) is 2.25. The first-order chi connectivity index (χ1) is 8.35. The van der Waals surface area contributed by atoms with Crippen LogP contribution >= 0.6 is 0 Å². The first-order valence-electron chi connectivity index (χ1n) is 5.10. The van der Waals surface area contributed by atoms with Crippen molar-refractivity contribution in [2.24, 2.45) is 5.84 Å². The predicted molar refractivity (Wildman–Crippen MR) is 59.9 cm³/mol. The highest BCUT2D eigenvalue weighted by atomic mass is 19.4. The van der Waals surface area contributed by atoms with Gasteiger partial charge in [-0.25, -0.2) is 15.8 Å². The number of halogens is 3. The molecule has 0 saturated carbocycles. The third kappa shape index (κ3) is 4.34. The molecule has 1 aromatic rings. The van der Waals surface area contributed by atoms with E-state index in [-0.39, 0.29) is 24.0 Å². The average Bonchev–Trinajstić information content (AvgIpc) is 2.26. The Labute approximate surface area is 102 Å². The van der Waals surface area contributed by atoms with E-state index < -0.39 is 19.3 Å². The molecule has 0 amide bonds. The molecule has 0 spiro atoms. The lowest BCUT2D eigenvalue weighted by Crippen LogP contribution is -2.37. The zero-order chi connectivity index (χ0) is 13.8. The minimum absolute atomic E-state index is 0.0572. The lowest BCUT2D eigenvalue weighted by molar-refractivity contribution is -0.120. The summed E-state index contributed by atoms with van der Waals surface area (Å²) in [5, 5.41) is 8.80. The first-order valence-corrected chi connectivity index (χ1v) is 5.10. The number of aliphatic hydroxyl groups is 1. The van der Waals surface area contributed by atoms with Gasteiger partial charge in [0.1, 0.15) is 24.0 Å². The standard InChI is InChI=1S/C9H14F3N5O/c1-6-14-7(16-13)4-8(15-6)17(2-3-18)5-9(10,11)12/h4,18H,2-3,5,13H2,1H3,(H,14,15,16). The second-order valence-electron chi connectivity index (χ2n) is 3.56. The van der Waals surface area contributed by atoms with Crippen molar-refractivity contribution >= 4 is 11.6 Å². The van der Waals surface area contributed by atoms with E-state index in [4.69, 9.17) is 10.9 Å². The molecule has 18 heavy (non-hydrogen) atoms. The molecule has 102 valence electrons. The molecular formula is C9H14F3N5O. The molecule has 4 N–H and O–H groups in total. The molecular weight excluding hydrogens is 251 g/mol. The zero-order valence-electron chi connectivity index (χ0n) is 9.70. The van der Waals surface area contributed by atoms with E-state index in [9.17, 15) is 13.2 Å². The van der Waals surface area contributed by atoms with E-state index in [2.05, 4.69) is 15.4 Å². The molecule has 0 fully saturated rings. The highest BCUT2D eigenvalue weighted by Gasteiger charge is 2.31. The van der Waals surface area contributed by atoms with Gasteiger partial charge in [0.2, 0.25) is 0 Å². The molecule has 1 heterocycles. The summed E-state index contributed by atoms with van der Waals surface area (Å²) in [7, 11) is 0. The maximum Gasteiger partial charge on any atom is 0.405 e. The SMILES string of the molecule is Cc1nc(NN)cc(N(CCO)CC(F)(F)F)n1. The monoisotopic (exact) mass is 265 g/mol. The van der Waals surface area contributed by atoms with Crippen LogP contribution in [0.15, 0.2) is 6.07 Å². The maximum absolute atomic E-state index is 12.4. The Bertz CT molecular complexity index is 398. The Morgan fingerprint density at radius 2 is 2.11 bits per heavy atom. The number of anilines is 2. The molecule has 1 rings (SSSR count). The summed E-state index contributed by atoms with van der Waals surface area (Å²) in [6.07, 6.45) is -4.38. The van der Waals surface area contributed by atoms with Gasteiger partial charge in [-0.2, -0.15) is 13.2 Å². The van der Waals surface area contributed by atoms with Crippen LogP contribution in [0.5, 0.6) is 0 Å². The van der Waals surface area contributed by atoms with E-state index in [1.165, 1.54) is 13.0 Å². The summed E-state index contributed by atoms with van der Waals surface area (Å²) < 4.78 is 37.2. The number of hydrogen-bond donors (Lipinski definition) is 3. The number of alkyl halides is 3. The number of nitrogens with zero attached hydrogens (tertiary/aromatic N) is 3. The smallest absolute Gasteiger partial charge is 0.395 e. The molecule has 9 heteroatoms. The fourth-order valence-corrected chi connectivity index (χ4v) is 1.40. The highest BCUT2D eigenvalue weighted by molar-refractivity contribution is 5.49. The van der Waals surface area contributed by atoms with Crippen molar-refractivity contribution in [1.29, 1.82) is 0 Å². The summed E-state index contributed by atoms with van der Waals surface area (Å²) in [6, 6.07) is 1.29. The van der Waals surface area contributed by atoms with Gasteiger partial charge in [-0.1, -0.05) is 0 Å². The fraction of sp³-hybridized carbons (Fsp3) is 0.556. The van der Waals surface area contributed by atoms with Crippen molar-refractivity contribution in [3.63, 3.8) is 0 Å². The number of aryl methyl sites for hydroxylation is 1. The maximum atomic E-state index is 12.4. The molecule has 0 saturated heterocycles. The molecule has 6 nitrogen and oxygen atoms in total. The topological polar surface area (TPSA) is 87.3 Å². The van der Waals surface area contributed by atoms with Crippen molar-refractivity contribution in [3.8, 4) is 0 Å². The van der Waals surface area contributed by atoms with Gasteiger partial charge in [-0.05, 0) is 6.92 Å². The molecule has 0 aliphatic rings. The summed E-state index contributed by atoms with van der Waals surface area (Å²) in [6.45, 7) is -0.256.